The van der Waals surface area contributed by atoms with Crippen molar-refractivity contribution in [3.8, 4) is 0 Å². The summed E-state index contributed by atoms with van der Waals surface area (Å²) in [7, 11) is 1.77. The van der Waals surface area contributed by atoms with Gasteiger partial charge in [0.1, 0.15) is 5.60 Å². The van der Waals surface area contributed by atoms with E-state index in [4.69, 9.17) is 4.74 Å². The first-order chi connectivity index (χ1) is 10.6. The van der Waals surface area contributed by atoms with Gasteiger partial charge in [-0.15, -0.1) is 0 Å². The Labute approximate surface area is 156 Å². The number of ether oxygens (including phenoxy) is 1. The molecule has 6 heteroatoms. The number of nitrogens with one attached hydrogen (secondary N) is 1. The summed E-state index contributed by atoms with van der Waals surface area (Å²) in [5, 5.41) is 3.48. The van der Waals surface area contributed by atoms with Gasteiger partial charge in [-0.1, -0.05) is 37.9 Å². The maximum Gasteiger partial charge on any atom is 0.410 e. The van der Waals surface area contributed by atoms with Crippen LogP contribution >= 0.6 is 31.9 Å². The van der Waals surface area contributed by atoms with Crippen LogP contribution in [-0.2, 0) is 4.74 Å². The van der Waals surface area contributed by atoms with E-state index in [0.29, 0.717) is 6.54 Å². The Morgan fingerprint density at radius 2 is 2.00 bits per heavy atom. The van der Waals surface area contributed by atoms with Crippen molar-refractivity contribution in [3.63, 3.8) is 0 Å². The summed E-state index contributed by atoms with van der Waals surface area (Å²) in [5.74, 6) is 0. The maximum absolute atomic E-state index is 11.9. The van der Waals surface area contributed by atoms with Crippen LogP contribution in [0.5, 0.6) is 0 Å². The van der Waals surface area contributed by atoms with Gasteiger partial charge in [-0.2, -0.15) is 0 Å². The molecule has 0 radical (unpaired) electrons. The number of carbonyl (C=O) groups excluding carboxylic acids is 1. The number of hydrogen-bond acceptors (Lipinski definition) is 3. The number of carbonyl (C=O) groups is 1. The monoisotopic (exact) mass is 448 g/mol. The van der Waals surface area contributed by atoms with Gasteiger partial charge in [0.05, 0.1) is 0 Å². The van der Waals surface area contributed by atoms with Gasteiger partial charge < -0.3 is 15.0 Å². The third-order valence-electron chi connectivity index (χ3n) is 3.25. The molecule has 1 N–H and O–H groups in total. The van der Waals surface area contributed by atoms with Crippen molar-refractivity contribution >= 4 is 38.0 Å². The van der Waals surface area contributed by atoms with Crippen LogP contribution in [0.25, 0.3) is 0 Å². The van der Waals surface area contributed by atoms with Gasteiger partial charge in [0.2, 0.25) is 0 Å². The van der Waals surface area contributed by atoms with Crippen LogP contribution in [0.2, 0.25) is 0 Å². The molecule has 1 atom stereocenters. The van der Waals surface area contributed by atoms with Gasteiger partial charge in [-0.3, -0.25) is 0 Å². The summed E-state index contributed by atoms with van der Waals surface area (Å²) in [6.45, 7) is 9.24. The largest absolute Gasteiger partial charge is 0.444 e. The van der Waals surface area contributed by atoms with Gasteiger partial charge >= 0.3 is 6.09 Å². The molecule has 1 unspecified atom stereocenters. The number of rotatable bonds is 6. The van der Waals surface area contributed by atoms with Crippen LogP contribution in [0, 0.1) is 0 Å². The van der Waals surface area contributed by atoms with E-state index in [1.807, 2.05) is 32.9 Å². The zero-order valence-corrected chi connectivity index (χ0v) is 17.6. The van der Waals surface area contributed by atoms with Crippen LogP contribution in [-0.4, -0.2) is 36.7 Å². The van der Waals surface area contributed by atoms with Crippen LogP contribution < -0.4 is 5.32 Å². The normalized spacial score (nSPS) is 12.8. The second kappa shape index (κ2) is 9.04. The van der Waals surface area contributed by atoms with Crippen LogP contribution in [0.3, 0.4) is 0 Å². The zero-order chi connectivity index (χ0) is 17.6. The van der Waals surface area contributed by atoms with Crippen molar-refractivity contribution in [1.29, 1.82) is 0 Å². The first-order valence-electron chi connectivity index (χ1n) is 7.72. The fraction of sp³-hybridized carbons (Fsp3) is 0.588. The summed E-state index contributed by atoms with van der Waals surface area (Å²) in [6.07, 6.45) is 0.593. The van der Waals surface area contributed by atoms with Crippen molar-refractivity contribution in [3.05, 3.63) is 32.7 Å². The molecule has 0 aliphatic carbocycles. The highest BCUT2D eigenvalue weighted by Gasteiger charge is 2.19. The van der Waals surface area contributed by atoms with Gasteiger partial charge in [-0.25, -0.2) is 4.79 Å². The highest BCUT2D eigenvalue weighted by Crippen LogP contribution is 2.26. The Kier molecular flexibility index (Phi) is 8.04. The first kappa shape index (κ1) is 20.5. The Hall–Kier alpha value is -0.590. The molecule has 1 aromatic carbocycles. The number of nitrogens with zero attached hydrogens (tertiary/aromatic N) is 1. The van der Waals surface area contributed by atoms with Crippen molar-refractivity contribution < 1.29 is 9.53 Å². The van der Waals surface area contributed by atoms with Gasteiger partial charge in [0.15, 0.2) is 0 Å². The van der Waals surface area contributed by atoms with Crippen LogP contribution in [0.15, 0.2) is 27.1 Å². The Balaban J connectivity index is 2.35. The van der Waals surface area contributed by atoms with Crippen LogP contribution in [0.1, 0.15) is 45.7 Å². The minimum Gasteiger partial charge on any atom is -0.444 e. The molecule has 0 fully saturated rings. The molecular weight excluding hydrogens is 424 g/mol. The molecule has 1 aromatic rings. The molecule has 130 valence electrons. The van der Waals surface area contributed by atoms with E-state index in [1.54, 1.807) is 11.9 Å². The minimum atomic E-state index is -0.452. The standard InChI is InChI=1S/C17H26Br2N2O2/c1-12(14-8-7-13(18)11-15(14)19)20-9-6-10-21(5)16(22)23-17(2,3)4/h7-8,11-12,20H,6,9-10H2,1-5H3. The summed E-state index contributed by atoms with van der Waals surface area (Å²) < 4.78 is 7.47. The average Bonchev–Trinajstić information content (AvgIpc) is 2.41. The predicted octanol–water partition coefficient (Wildman–Crippen LogP) is 5.12. The highest BCUT2D eigenvalue weighted by molar-refractivity contribution is 9.11. The maximum atomic E-state index is 11.9. The molecule has 0 heterocycles. The molecular formula is C17H26Br2N2O2. The molecule has 0 aliphatic rings. The van der Waals surface area contributed by atoms with E-state index in [0.717, 1.165) is 21.9 Å². The third kappa shape index (κ3) is 7.68. The molecule has 4 nitrogen and oxygen atoms in total. The summed E-state index contributed by atoms with van der Waals surface area (Å²) in [6, 6.07) is 6.42. The van der Waals surface area contributed by atoms with E-state index in [-0.39, 0.29) is 12.1 Å². The lowest BCUT2D eigenvalue weighted by atomic mass is 10.1. The lowest BCUT2D eigenvalue weighted by Crippen LogP contribution is -2.35. The number of hydrogen-bond donors (Lipinski definition) is 1. The Bertz CT molecular complexity index is 530. The topological polar surface area (TPSA) is 41.6 Å². The zero-order valence-electron chi connectivity index (χ0n) is 14.5. The van der Waals surface area contributed by atoms with E-state index in [1.165, 1.54) is 5.56 Å². The molecule has 0 spiro atoms. The fourth-order valence-electron chi connectivity index (χ4n) is 2.03. The quantitative estimate of drug-likeness (QED) is 0.612. The molecule has 0 saturated heterocycles. The molecule has 0 aliphatic heterocycles. The molecule has 1 rings (SSSR count). The van der Waals surface area contributed by atoms with E-state index in [2.05, 4.69) is 50.2 Å². The molecule has 0 saturated carbocycles. The van der Waals surface area contributed by atoms with E-state index < -0.39 is 5.60 Å². The Morgan fingerprint density at radius 1 is 1.35 bits per heavy atom. The SMILES string of the molecule is CC(NCCCN(C)C(=O)OC(C)(C)C)c1ccc(Br)cc1Br. The number of benzene rings is 1. The predicted molar refractivity (Wildman–Crippen MR) is 102 cm³/mol. The number of halogens is 2. The first-order valence-corrected chi connectivity index (χ1v) is 9.31. The molecule has 0 bridgehead atoms. The van der Waals surface area contributed by atoms with Crippen molar-refractivity contribution in [2.75, 3.05) is 20.1 Å². The van der Waals surface area contributed by atoms with Crippen molar-refractivity contribution in [2.45, 2.75) is 45.8 Å². The second-order valence-electron chi connectivity index (χ2n) is 6.60. The molecule has 0 aromatic heterocycles. The summed E-state index contributed by atoms with van der Waals surface area (Å²) in [4.78, 5) is 13.5. The lowest BCUT2D eigenvalue weighted by Gasteiger charge is -2.25. The van der Waals surface area contributed by atoms with Gasteiger partial charge in [0, 0.05) is 28.6 Å². The smallest absolute Gasteiger partial charge is 0.410 e. The van der Waals surface area contributed by atoms with Crippen molar-refractivity contribution in [1.82, 2.24) is 10.2 Å². The fourth-order valence-corrected chi connectivity index (χ4v) is 3.42. The summed E-state index contributed by atoms with van der Waals surface area (Å²) >= 11 is 7.05. The second-order valence-corrected chi connectivity index (χ2v) is 8.37. The highest BCUT2D eigenvalue weighted by atomic mass is 79.9. The van der Waals surface area contributed by atoms with E-state index in [9.17, 15) is 4.79 Å². The van der Waals surface area contributed by atoms with Gasteiger partial charge in [0.25, 0.3) is 0 Å². The van der Waals surface area contributed by atoms with E-state index >= 15 is 0 Å². The van der Waals surface area contributed by atoms with Gasteiger partial charge in [-0.05, 0) is 58.4 Å². The number of amides is 1. The summed E-state index contributed by atoms with van der Waals surface area (Å²) in [5.41, 5.74) is 0.764. The minimum absolute atomic E-state index is 0.240. The molecule has 1 amide bonds. The van der Waals surface area contributed by atoms with Crippen LogP contribution in [0.4, 0.5) is 4.79 Å². The lowest BCUT2D eigenvalue weighted by molar-refractivity contribution is 0.0297. The Morgan fingerprint density at radius 3 is 2.57 bits per heavy atom. The molecule has 23 heavy (non-hydrogen) atoms. The average molecular weight is 450 g/mol. The third-order valence-corrected chi connectivity index (χ3v) is 4.44. The van der Waals surface area contributed by atoms with Crippen molar-refractivity contribution in [2.24, 2.45) is 0 Å².